The second-order valence-electron chi connectivity index (χ2n) is 4.95. The van der Waals surface area contributed by atoms with Crippen LogP contribution in [0.2, 0.25) is 0 Å². The molecule has 3 nitrogen and oxygen atoms in total. The first-order valence-electron chi connectivity index (χ1n) is 5.13. The van der Waals surface area contributed by atoms with Crippen molar-refractivity contribution in [3.8, 4) is 0 Å². The van der Waals surface area contributed by atoms with Crippen molar-refractivity contribution in [1.29, 1.82) is 0 Å². The molecule has 1 aliphatic heterocycles. The van der Waals surface area contributed by atoms with Crippen LogP contribution in [0.1, 0.15) is 42.9 Å². The molecule has 1 aromatic carbocycles. The molecule has 2 rings (SSSR count). The fourth-order valence-corrected chi connectivity index (χ4v) is 2.37. The van der Waals surface area contributed by atoms with E-state index in [2.05, 4.69) is 15.9 Å². The summed E-state index contributed by atoms with van der Waals surface area (Å²) in [5.41, 5.74) is 0.877. The van der Waals surface area contributed by atoms with E-state index >= 15 is 0 Å². The zero-order chi connectivity index (χ0) is 12.1. The molecular formula is C12H14BrNO2. The van der Waals surface area contributed by atoms with Crippen molar-refractivity contribution >= 4 is 21.8 Å². The summed E-state index contributed by atoms with van der Waals surface area (Å²) in [5, 5.41) is 10.2. The third-order valence-electron chi connectivity index (χ3n) is 2.71. The summed E-state index contributed by atoms with van der Waals surface area (Å²) in [6.07, 6.45) is -0.847. The smallest absolute Gasteiger partial charge is 0.257 e. The molecule has 0 saturated carbocycles. The van der Waals surface area contributed by atoms with Gasteiger partial charge in [0.05, 0.1) is 0 Å². The van der Waals surface area contributed by atoms with Gasteiger partial charge in [-0.1, -0.05) is 15.9 Å². The SMILES string of the molecule is CC(C)(C)N1C(=O)c2ccc(Br)cc2[C@@H]1O. The maximum Gasteiger partial charge on any atom is 0.257 e. The third-order valence-corrected chi connectivity index (χ3v) is 3.20. The number of benzene rings is 1. The van der Waals surface area contributed by atoms with Crippen LogP contribution >= 0.6 is 15.9 Å². The standard InChI is InChI=1S/C12H14BrNO2/c1-12(2,3)14-10(15)8-5-4-7(13)6-9(8)11(14)16/h4-6,11,16H,1-3H3/t11-/m0/s1. The van der Waals surface area contributed by atoms with E-state index in [1.54, 1.807) is 12.1 Å². The first-order chi connectivity index (χ1) is 7.32. The highest BCUT2D eigenvalue weighted by Crippen LogP contribution is 2.37. The lowest BCUT2D eigenvalue weighted by atomic mass is 10.1. The van der Waals surface area contributed by atoms with Crippen LogP contribution in [0.5, 0.6) is 0 Å². The number of hydrogen-bond acceptors (Lipinski definition) is 2. The van der Waals surface area contributed by atoms with Crippen LogP contribution < -0.4 is 0 Å². The Hall–Kier alpha value is -0.870. The highest BCUT2D eigenvalue weighted by molar-refractivity contribution is 9.10. The molecule has 0 aromatic heterocycles. The van der Waals surface area contributed by atoms with Crippen molar-refractivity contribution in [3.05, 3.63) is 33.8 Å². The molecule has 1 heterocycles. The Bertz CT molecular complexity index is 451. The lowest BCUT2D eigenvalue weighted by molar-refractivity contribution is -0.0228. The maximum atomic E-state index is 12.1. The molecule has 16 heavy (non-hydrogen) atoms. The van der Waals surface area contributed by atoms with Crippen molar-refractivity contribution in [1.82, 2.24) is 4.90 Å². The average Bonchev–Trinajstić information content (AvgIpc) is 2.38. The quantitative estimate of drug-likeness (QED) is 0.795. The van der Waals surface area contributed by atoms with E-state index in [0.29, 0.717) is 11.1 Å². The Kier molecular flexibility index (Phi) is 2.59. The lowest BCUT2D eigenvalue weighted by Crippen LogP contribution is -2.43. The van der Waals surface area contributed by atoms with E-state index < -0.39 is 6.23 Å². The summed E-state index contributed by atoms with van der Waals surface area (Å²) in [4.78, 5) is 13.6. The molecule has 0 spiro atoms. The molecule has 1 aliphatic rings. The number of carbonyl (C=O) groups excluding carboxylic acids is 1. The summed E-state index contributed by atoms with van der Waals surface area (Å²) in [6.45, 7) is 5.74. The topological polar surface area (TPSA) is 40.5 Å². The summed E-state index contributed by atoms with van der Waals surface area (Å²) < 4.78 is 0.869. The number of amides is 1. The zero-order valence-electron chi connectivity index (χ0n) is 9.49. The Morgan fingerprint density at radius 2 is 2.00 bits per heavy atom. The van der Waals surface area contributed by atoms with Gasteiger partial charge in [0, 0.05) is 21.1 Å². The Morgan fingerprint density at radius 1 is 1.38 bits per heavy atom. The first kappa shape index (κ1) is 11.6. The number of aliphatic hydroxyl groups excluding tert-OH is 1. The molecule has 0 aliphatic carbocycles. The number of aliphatic hydroxyl groups is 1. The van der Waals surface area contributed by atoms with E-state index in [1.807, 2.05) is 26.8 Å². The number of halogens is 1. The second kappa shape index (κ2) is 3.57. The normalized spacial score (nSPS) is 20.2. The molecule has 0 fully saturated rings. The van der Waals surface area contributed by atoms with Crippen LogP contribution in [-0.4, -0.2) is 21.5 Å². The number of carbonyl (C=O) groups is 1. The third kappa shape index (κ3) is 1.66. The average molecular weight is 284 g/mol. The van der Waals surface area contributed by atoms with Crippen LogP contribution in [0.3, 0.4) is 0 Å². The van der Waals surface area contributed by atoms with Gasteiger partial charge >= 0.3 is 0 Å². The van der Waals surface area contributed by atoms with Gasteiger partial charge < -0.3 is 10.0 Å². The molecule has 1 atom stereocenters. The summed E-state index contributed by atoms with van der Waals surface area (Å²) in [5.74, 6) is -0.109. The zero-order valence-corrected chi connectivity index (χ0v) is 11.1. The lowest BCUT2D eigenvalue weighted by Gasteiger charge is -2.34. The number of hydrogen-bond donors (Lipinski definition) is 1. The van der Waals surface area contributed by atoms with Crippen molar-refractivity contribution in [2.75, 3.05) is 0 Å². The minimum Gasteiger partial charge on any atom is -0.369 e. The molecule has 1 aromatic rings. The van der Waals surface area contributed by atoms with Gasteiger partial charge in [-0.3, -0.25) is 4.79 Å². The van der Waals surface area contributed by atoms with E-state index in [-0.39, 0.29) is 11.4 Å². The fourth-order valence-electron chi connectivity index (χ4n) is 1.99. The molecule has 0 saturated heterocycles. The molecule has 1 amide bonds. The fraction of sp³-hybridized carbons (Fsp3) is 0.417. The molecule has 1 N–H and O–H groups in total. The Morgan fingerprint density at radius 3 is 2.56 bits per heavy atom. The minimum atomic E-state index is -0.847. The highest BCUT2D eigenvalue weighted by Gasteiger charge is 2.41. The minimum absolute atomic E-state index is 0.109. The van der Waals surface area contributed by atoms with E-state index in [0.717, 1.165) is 4.47 Å². The van der Waals surface area contributed by atoms with Crippen LogP contribution in [0.4, 0.5) is 0 Å². The molecule has 86 valence electrons. The summed E-state index contributed by atoms with van der Waals surface area (Å²) >= 11 is 3.34. The summed E-state index contributed by atoms with van der Waals surface area (Å²) in [6, 6.07) is 5.36. The van der Waals surface area contributed by atoms with Gasteiger partial charge in [0.1, 0.15) is 0 Å². The van der Waals surface area contributed by atoms with Gasteiger partial charge in [0.2, 0.25) is 0 Å². The van der Waals surface area contributed by atoms with Crippen LogP contribution in [-0.2, 0) is 0 Å². The van der Waals surface area contributed by atoms with Crippen LogP contribution in [0.25, 0.3) is 0 Å². The molecule has 0 radical (unpaired) electrons. The van der Waals surface area contributed by atoms with E-state index in [9.17, 15) is 9.90 Å². The van der Waals surface area contributed by atoms with Crippen molar-refractivity contribution in [3.63, 3.8) is 0 Å². The largest absolute Gasteiger partial charge is 0.369 e. The van der Waals surface area contributed by atoms with Crippen molar-refractivity contribution < 1.29 is 9.90 Å². The predicted molar refractivity (Wildman–Crippen MR) is 65.0 cm³/mol. The van der Waals surface area contributed by atoms with Gasteiger partial charge in [-0.15, -0.1) is 0 Å². The van der Waals surface area contributed by atoms with Crippen LogP contribution in [0, 0.1) is 0 Å². The van der Waals surface area contributed by atoms with E-state index in [4.69, 9.17) is 0 Å². The van der Waals surface area contributed by atoms with Gasteiger partial charge in [-0.25, -0.2) is 0 Å². The Balaban J connectivity index is 2.53. The number of nitrogens with zero attached hydrogens (tertiary/aromatic N) is 1. The van der Waals surface area contributed by atoms with Crippen LogP contribution in [0.15, 0.2) is 22.7 Å². The van der Waals surface area contributed by atoms with E-state index in [1.165, 1.54) is 4.90 Å². The van der Waals surface area contributed by atoms with Crippen molar-refractivity contribution in [2.24, 2.45) is 0 Å². The number of fused-ring (bicyclic) bond motifs is 1. The highest BCUT2D eigenvalue weighted by atomic mass is 79.9. The molecular weight excluding hydrogens is 270 g/mol. The van der Waals surface area contributed by atoms with Gasteiger partial charge in [-0.2, -0.15) is 0 Å². The monoisotopic (exact) mass is 283 g/mol. The molecule has 0 bridgehead atoms. The molecule has 0 unspecified atom stereocenters. The van der Waals surface area contributed by atoms with Crippen molar-refractivity contribution in [2.45, 2.75) is 32.5 Å². The Labute approximate surface area is 103 Å². The van der Waals surface area contributed by atoms with Gasteiger partial charge in [0.15, 0.2) is 6.23 Å². The maximum absolute atomic E-state index is 12.1. The first-order valence-corrected chi connectivity index (χ1v) is 5.93. The van der Waals surface area contributed by atoms with Gasteiger partial charge in [-0.05, 0) is 39.0 Å². The molecule has 4 heteroatoms. The number of rotatable bonds is 0. The predicted octanol–water partition coefficient (Wildman–Crippen LogP) is 2.69. The second-order valence-corrected chi connectivity index (χ2v) is 5.87. The summed E-state index contributed by atoms with van der Waals surface area (Å²) in [7, 11) is 0. The van der Waals surface area contributed by atoms with Gasteiger partial charge in [0.25, 0.3) is 5.91 Å².